The van der Waals surface area contributed by atoms with Gasteiger partial charge < -0.3 is 132 Å². The number of carboxylic acid groups (broad SMARTS) is 5. The molecule has 49 heteroatoms. The molecule has 2 aromatic carbocycles. The number of carbonyl (C=O) groups excluding carboxylic acids is 17. The molecule has 47 nitrogen and oxygen atoms in total. The lowest BCUT2D eigenvalue weighted by Gasteiger charge is -2.33. The fourth-order valence-corrected chi connectivity index (χ4v) is 14.5. The molecular weight excluding hydrogens is 1810 g/mol. The van der Waals surface area contributed by atoms with Crippen LogP contribution in [0.1, 0.15) is 156 Å². The molecule has 0 radical (unpaired) electrons. The Hall–Kier alpha value is -12.9. The molecule has 1 fully saturated rings. The first kappa shape index (κ1) is 110. The number of aliphatic hydroxyl groups excluding tert-OH is 2. The van der Waals surface area contributed by atoms with Gasteiger partial charge in [-0.2, -0.15) is 11.8 Å². The van der Waals surface area contributed by atoms with Crippen LogP contribution >= 0.6 is 27.7 Å². The van der Waals surface area contributed by atoms with Gasteiger partial charge in [-0.1, -0.05) is 80.4 Å². The number of aromatic amines is 1. The van der Waals surface area contributed by atoms with Crippen LogP contribution < -0.4 is 85.9 Å². The molecule has 4 rings (SSSR count). The SMILES string of the molecule is CC[C@H](C)[C@H](NC(=O)[C@H](CCC(=O)O)NC(=O)[C@H](CC(N)=O)NC(=O)[C@@H](NC(=O)[C@H](CC(C)C)NC(=O)[C@H](CCC(=O)O)NC(=O)[C@H](CO)NC(=O)[C@H](CCC(=O)O)NC(C)=O)[C@@H](C)O)C(=O)N1CCC[C@H]1C(=O)N[C@@H](C)C(=O)N[C@@H](CCC(=O)O)C(=O)N[C@H](Cc1c[nH]c2ccccc12)C(=O)N[C@@H](CCSC)C(=O)N[C@@H](CC(=O)O)C(=O)N[C@@H](Cc1cccc(Br)c1)C(N)=O. The van der Waals surface area contributed by atoms with E-state index in [-0.39, 0.29) is 57.2 Å². The summed E-state index contributed by atoms with van der Waals surface area (Å²) in [5, 5.41) is 103. The summed E-state index contributed by atoms with van der Waals surface area (Å²) in [4.78, 5) is 300. The zero-order valence-corrected chi connectivity index (χ0v) is 75.6. The van der Waals surface area contributed by atoms with Crippen LogP contribution in [0.3, 0.4) is 0 Å². The van der Waals surface area contributed by atoms with Crippen LogP contribution in [0.5, 0.6) is 0 Å². The minimum atomic E-state index is -2.11. The number of amides is 17. The number of hydrogen-bond acceptors (Lipinski definition) is 25. The number of hydrogen-bond donors (Lipinski definition) is 24. The number of nitrogens with two attached hydrogens (primary N) is 2. The zero-order valence-electron chi connectivity index (χ0n) is 73.2. The standard InChI is InChI=1S/C82H117BrN18O29S/c1-9-39(4)66(99-74(122)51(22-26-64(112)113)90-76(124)56(34-60(84)105)97-81(129)67(41(6)103)100-78(126)54(30-38(2)3)94-72(120)50(21-25-63(110)111)91-79(127)58(37-102)98-70(118)48(88-42(7)104)19-23-61(106)107)82(130)101-28-13-18-59(101)80(128)87-40(5)69(117)89-49(20-24-62(108)109)71(119)95-55(33-44-36-86-47-17-11-10-16-46(44)47)75(123)92-52(27-29-131-8)73(121)96-57(35-65(114)115)77(125)93-53(68(85)116)32-43-14-12-15-45(83)31-43/h10-12,14-17,31,36,38-41,48-59,66-67,86,102-103H,9,13,18-30,32-35,37H2,1-8H3,(H2,84,105)(H2,85,116)(H,87,128)(H,88,104)(H,89,117)(H,90,124)(H,91,127)(H,92,123)(H,93,125)(H,94,120)(H,95,119)(H,96,121)(H,97,129)(H,98,118)(H,99,122)(H,100,126)(H,106,107)(H,108,109)(H,110,111)(H,112,113)(H,114,115)/t39-,40-,41+,48-,49-,50-,51-,52-,53-,54-,55+,56-,57-,58-,59-,66-,67-/m0/s1. The van der Waals surface area contributed by atoms with Gasteiger partial charge in [0.15, 0.2) is 0 Å². The van der Waals surface area contributed by atoms with Crippen molar-refractivity contribution in [3.05, 3.63) is 70.3 Å². The maximum absolute atomic E-state index is 14.9. The third kappa shape index (κ3) is 37.6. The fraction of sp³-hybridized carbons (Fsp3) is 0.561. The lowest BCUT2D eigenvalue weighted by atomic mass is 9.96. The quantitative estimate of drug-likeness (QED) is 0.0252. The molecule has 0 bridgehead atoms. The molecule has 0 aliphatic carbocycles. The number of fused-ring (bicyclic) bond motifs is 1. The van der Waals surface area contributed by atoms with Gasteiger partial charge in [0.2, 0.25) is 100 Å². The third-order valence-electron chi connectivity index (χ3n) is 20.8. The van der Waals surface area contributed by atoms with E-state index in [9.17, 15) is 136 Å². The number of nitrogens with one attached hydrogen (secondary N) is 15. The molecular formula is C82H117BrN18O29S. The molecule has 722 valence electrons. The summed E-state index contributed by atoms with van der Waals surface area (Å²) in [6, 6.07) is -12.6. The number of aromatic nitrogens is 1. The summed E-state index contributed by atoms with van der Waals surface area (Å²) in [5.41, 5.74) is 12.7. The Labute approximate surface area is 763 Å². The number of benzene rings is 2. The maximum atomic E-state index is 14.9. The van der Waals surface area contributed by atoms with Gasteiger partial charge in [0.05, 0.1) is 25.6 Å². The highest BCUT2D eigenvalue weighted by Gasteiger charge is 2.44. The van der Waals surface area contributed by atoms with E-state index in [4.69, 9.17) is 16.6 Å². The summed E-state index contributed by atoms with van der Waals surface area (Å²) in [6.45, 7) is 8.15. The molecule has 2 heterocycles. The highest BCUT2D eigenvalue weighted by Crippen LogP contribution is 2.25. The van der Waals surface area contributed by atoms with E-state index in [0.717, 1.165) is 18.7 Å². The molecule has 17 atom stereocenters. The average molecular weight is 1930 g/mol. The number of H-pyrrole nitrogens is 1. The Kier molecular flexibility index (Phi) is 46.0. The van der Waals surface area contributed by atoms with Gasteiger partial charge in [-0.25, -0.2) is 0 Å². The number of carboxylic acids is 5. The van der Waals surface area contributed by atoms with Gasteiger partial charge in [0.1, 0.15) is 90.6 Å². The number of aliphatic hydroxyl groups is 2. The number of halogens is 1. The number of primary amides is 2. The van der Waals surface area contributed by atoms with E-state index >= 15 is 0 Å². The molecule has 17 amide bonds. The van der Waals surface area contributed by atoms with Crippen LogP contribution in [-0.2, 0) is 118 Å². The molecule has 1 aromatic heterocycles. The minimum Gasteiger partial charge on any atom is -0.481 e. The first-order chi connectivity index (χ1) is 61.6. The number of likely N-dealkylation sites (tertiary alicyclic amines) is 1. The Balaban J connectivity index is 1.57. The number of nitrogens with zero attached hydrogens (tertiary/aromatic N) is 1. The van der Waals surface area contributed by atoms with Gasteiger partial charge in [-0.05, 0) is 118 Å². The van der Waals surface area contributed by atoms with Crippen molar-refractivity contribution in [2.24, 2.45) is 23.3 Å². The summed E-state index contributed by atoms with van der Waals surface area (Å²) < 4.78 is 0.632. The summed E-state index contributed by atoms with van der Waals surface area (Å²) in [5.74, 6) is -27.9. The van der Waals surface area contributed by atoms with Crippen molar-refractivity contribution in [1.82, 2.24) is 84.3 Å². The highest BCUT2D eigenvalue weighted by atomic mass is 79.9. The molecule has 26 N–H and O–H groups in total. The van der Waals surface area contributed by atoms with Crippen LogP contribution in [0.25, 0.3) is 10.9 Å². The van der Waals surface area contributed by atoms with Gasteiger partial charge in [-0.3, -0.25) is 105 Å². The van der Waals surface area contributed by atoms with Crippen LogP contribution in [0, 0.1) is 11.8 Å². The minimum absolute atomic E-state index is 0.0544. The first-order valence-electron chi connectivity index (χ1n) is 41.8. The van der Waals surface area contributed by atoms with Crippen molar-refractivity contribution in [1.29, 1.82) is 0 Å². The van der Waals surface area contributed by atoms with Gasteiger partial charge in [0, 0.05) is 73.6 Å². The predicted octanol–water partition coefficient (Wildman–Crippen LogP) is -4.95. The molecule has 1 saturated heterocycles. The Morgan fingerprint density at radius 3 is 1.40 bits per heavy atom. The Morgan fingerprint density at radius 2 is 0.924 bits per heavy atom. The van der Waals surface area contributed by atoms with E-state index < -0.39 is 310 Å². The lowest BCUT2D eigenvalue weighted by Crippen LogP contribution is -2.62. The van der Waals surface area contributed by atoms with E-state index in [0.29, 0.717) is 26.5 Å². The van der Waals surface area contributed by atoms with Crippen molar-refractivity contribution in [3.63, 3.8) is 0 Å². The second-order valence-electron chi connectivity index (χ2n) is 31.8. The molecule has 131 heavy (non-hydrogen) atoms. The molecule has 0 unspecified atom stereocenters. The maximum Gasteiger partial charge on any atom is 0.305 e. The molecule has 3 aromatic rings. The van der Waals surface area contributed by atoms with E-state index in [2.05, 4.69) is 95.3 Å². The fourth-order valence-electron chi connectivity index (χ4n) is 13.6. The number of rotatable bonds is 58. The van der Waals surface area contributed by atoms with Gasteiger partial charge >= 0.3 is 29.8 Å². The van der Waals surface area contributed by atoms with Crippen molar-refractivity contribution >= 4 is 169 Å². The zero-order chi connectivity index (χ0) is 98.4. The van der Waals surface area contributed by atoms with Crippen molar-refractivity contribution < 1.29 is 141 Å². The molecule has 0 spiro atoms. The summed E-state index contributed by atoms with van der Waals surface area (Å²) >= 11 is 4.56. The topological polar surface area (TPSA) is 757 Å². The largest absolute Gasteiger partial charge is 0.481 e. The normalized spacial score (nSPS) is 16.0. The summed E-state index contributed by atoms with van der Waals surface area (Å²) in [6.07, 6.45) is -7.08. The second kappa shape index (κ2) is 54.5. The molecule has 0 saturated carbocycles. The predicted molar refractivity (Wildman–Crippen MR) is 466 cm³/mol. The third-order valence-corrected chi connectivity index (χ3v) is 21.9. The molecule has 1 aliphatic heterocycles. The van der Waals surface area contributed by atoms with E-state index in [1.807, 2.05) is 0 Å². The second-order valence-corrected chi connectivity index (χ2v) is 33.7. The number of para-hydroxylation sites is 1. The monoisotopic (exact) mass is 1930 g/mol. The Bertz CT molecular complexity index is 4630. The van der Waals surface area contributed by atoms with Gasteiger partial charge in [0.25, 0.3) is 0 Å². The van der Waals surface area contributed by atoms with Crippen molar-refractivity contribution in [2.75, 3.05) is 25.2 Å². The van der Waals surface area contributed by atoms with Crippen LogP contribution in [-0.4, -0.2) is 298 Å². The first-order valence-corrected chi connectivity index (χ1v) is 44.0. The van der Waals surface area contributed by atoms with Crippen molar-refractivity contribution in [2.45, 2.75) is 254 Å². The number of carbonyl (C=O) groups is 22. The summed E-state index contributed by atoms with van der Waals surface area (Å²) in [7, 11) is 0. The van der Waals surface area contributed by atoms with E-state index in [1.54, 1.807) is 75.6 Å². The van der Waals surface area contributed by atoms with Crippen LogP contribution in [0.4, 0.5) is 0 Å². The van der Waals surface area contributed by atoms with Crippen LogP contribution in [0.15, 0.2) is 59.2 Å². The lowest BCUT2D eigenvalue weighted by molar-refractivity contribution is -0.144. The number of thioether (sulfide) groups is 1. The highest BCUT2D eigenvalue weighted by molar-refractivity contribution is 9.10. The Morgan fingerprint density at radius 1 is 0.489 bits per heavy atom. The van der Waals surface area contributed by atoms with Crippen molar-refractivity contribution in [3.8, 4) is 0 Å². The van der Waals surface area contributed by atoms with Gasteiger partial charge in [-0.15, -0.1) is 0 Å². The smallest absolute Gasteiger partial charge is 0.305 e. The average Bonchev–Trinajstić information content (AvgIpc) is 1.69. The number of aliphatic carboxylic acids is 5. The van der Waals surface area contributed by atoms with Crippen LogP contribution in [0.2, 0.25) is 0 Å². The molecule has 1 aliphatic rings. The van der Waals surface area contributed by atoms with E-state index in [1.165, 1.54) is 31.8 Å².